The summed E-state index contributed by atoms with van der Waals surface area (Å²) in [6.07, 6.45) is 5.77. The first kappa shape index (κ1) is 12.7. The minimum Gasteiger partial charge on any atom is -0.303 e. The molecule has 0 fully saturated rings. The highest BCUT2D eigenvalue weighted by Gasteiger charge is 2.08. The van der Waals surface area contributed by atoms with Gasteiger partial charge in [0, 0.05) is 16.2 Å². The van der Waals surface area contributed by atoms with Crippen LogP contribution in [-0.4, -0.2) is 18.8 Å². The molecule has 0 bridgehead atoms. The maximum atomic E-state index is 10.5. The summed E-state index contributed by atoms with van der Waals surface area (Å²) in [5, 5.41) is 0. The second-order valence-electron chi connectivity index (χ2n) is 3.42. The normalized spacial score (nSPS) is 12.5. The summed E-state index contributed by atoms with van der Waals surface area (Å²) in [6.45, 7) is 2.09. The van der Waals surface area contributed by atoms with Gasteiger partial charge in [-0.2, -0.15) is 0 Å². The first-order valence-corrected chi connectivity index (χ1v) is 7.33. The lowest BCUT2D eigenvalue weighted by Crippen LogP contribution is -1.95. The van der Waals surface area contributed by atoms with Crippen molar-refractivity contribution in [3.05, 3.63) is 23.8 Å². The zero-order valence-electron chi connectivity index (χ0n) is 9.32. The third kappa shape index (κ3) is 3.28. The molecule has 0 N–H and O–H groups in total. The molecule has 1 aromatic rings. The average Bonchev–Trinajstić information content (AvgIpc) is 2.28. The lowest BCUT2D eigenvalue weighted by molar-refractivity contribution is -0.108. The molecule has 0 saturated carbocycles. The molecule has 15 heavy (non-hydrogen) atoms. The fraction of sp³-hybridized carbons (Fsp3) is 0.417. The summed E-state index contributed by atoms with van der Waals surface area (Å²) >= 11 is 3.52. The van der Waals surface area contributed by atoms with Gasteiger partial charge in [-0.25, -0.2) is 0 Å². The van der Waals surface area contributed by atoms with E-state index in [2.05, 4.69) is 37.6 Å². The van der Waals surface area contributed by atoms with E-state index in [1.165, 1.54) is 15.4 Å². The molecule has 0 aliphatic rings. The topological polar surface area (TPSA) is 17.1 Å². The van der Waals surface area contributed by atoms with Crippen molar-refractivity contribution >= 4 is 29.8 Å². The predicted octanol–water partition coefficient (Wildman–Crippen LogP) is 3.82. The second kappa shape index (κ2) is 6.23. The Hall–Kier alpha value is -0.410. The Morgan fingerprint density at radius 2 is 1.93 bits per heavy atom. The van der Waals surface area contributed by atoms with Crippen LogP contribution in [0.2, 0.25) is 0 Å². The highest BCUT2D eigenvalue weighted by atomic mass is 32.2. The molecule has 1 rings (SSSR count). The van der Waals surface area contributed by atoms with Crippen molar-refractivity contribution in [2.24, 2.45) is 0 Å². The maximum absolute atomic E-state index is 10.5. The largest absolute Gasteiger partial charge is 0.303 e. The van der Waals surface area contributed by atoms with Crippen LogP contribution in [0.4, 0.5) is 0 Å². The van der Waals surface area contributed by atoms with Crippen molar-refractivity contribution < 1.29 is 4.79 Å². The van der Waals surface area contributed by atoms with E-state index in [1.54, 1.807) is 23.5 Å². The number of aldehydes is 1. The molecule has 1 nitrogen and oxygen atoms in total. The summed E-state index contributed by atoms with van der Waals surface area (Å²) in [5.74, 6) is 0.323. The fourth-order valence-corrected chi connectivity index (χ4v) is 2.93. The molecule has 1 aromatic carbocycles. The van der Waals surface area contributed by atoms with Gasteiger partial charge in [-0.05, 0) is 36.1 Å². The molecule has 1 unspecified atom stereocenters. The lowest BCUT2D eigenvalue weighted by Gasteiger charge is -2.12. The van der Waals surface area contributed by atoms with Gasteiger partial charge in [-0.3, -0.25) is 0 Å². The van der Waals surface area contributed by atoms with Crippen molar-refractivity contribution in [2.75, 3.05) is 12.5 Å². The Balaban J connectivity index is 2.96. The molecule has 0 radical (unpaired) electrons. The van der Waals surface area contributed by atoms with Crippen LogP contribution in [0.15, 0.2) is 28.0 Å². The first-order chi connectivity index (χ1) is 7.22. The van der Waals surface area contributed by atoms with Gasteiger partial charge in [0.05, 0.1) is 0 Å². The zero-order chi connectivity index (χ0) is 11.3. The molecule has 82 valence electrons. The van der Waals surface area contributed by atoms with Gasteiger partial charge in [0.2, 0.25) is 0 Å². The van der Waals surface area contributed by atoms with Crippen LogP contribution < -0.4 is 0 Å². The first-order valence-electron chi connectivity index (χ1n) is 4.88. The van der Waals surface area contributed by atoms with E-state index < -0.39 is 0 Å². The van der Waals surface area contributed by atoms with E-state index in [-0.39, 0.29) is 0 Å². The van der Waals surface area contributed by atoms with Crippen molar-refractivity contribution in [3.63, 3.8) is 0 Å². The standard InChI is InChI=1S/C12H16OS2/c1-9(6-7-13)10-4-5-11(14-2)12(8-10)15-3/h4-5,7-9H,6H2,1-3H3. The molecule has 1 atom stereocenters. The minimum atomic E-state index is 0.323. The van der Waals surface area contributed by atoms with E-state index in [4.69, 9.17) is 0 Å². The van der Waals surface area contributed by atoms with E-state index >= 15 is 0 Å². The van der Waals surface area contributed by atoms with Crippen LogP contribution in [0, 0.1) is 0 Å². The summed E-state index contributed by atoms with van der Waals surface area (Å²) in [7, 11) is 0. The number of carbonyl (C=O) groups excluding carboxylic acids is 1. The molecular formula is C12H16OS2. The lowest BCUT2D eigenvalue weighted by atomic mass is 9.99. The average molecular weight is 240 g/mol. The molecular weight excluding hydrogens is 224 g/mol. The molecule has 3 heteroatoms. The van der Waals surface area contributed by atoms with E-state index in [1.807, 2.05) is 0 Å². The highest BCUT2D eigenvalue weighted by Crippen LogP contribution is 2.31. The molecule has 0 heterocycles. The van der Waals surface area contributed by atoms with Gasteiger partial charge in [0.1, 0.15) is 6.29 Å². The maximum Gasteiger partial charge on any atom is 0.120 e. The number of rotatable bonds is 5. The quantitative estimate of drug-likeness (QED) is 0.575. The van der Waals surface area contributed by atoms with Crippen LogP contribution >= 0.6 is 23.5 Å². The van der Waals surface area contributed by atoms with Gasteiger partial charge in [0.25, 0.3) is 0 Å². The van der Waals surface area contributed by atoms with Gasteiger partial charge in [-0.15, -0.1) is 23.5 Å². The van der Waals surface area contributed by atoms with Gasteiger partial charge in [-0.1, -0.05) is 13.0 Å². The Labute approximate surface area is 100 Å². The van der Waals surface area contributed by atoms with E-state index in [9.17, 15) is 4.79 Å². The van der Waals surface area contributed by atoms with Crippen molar-refractivity contribution in [1.29, 1.82) is 0 Å². The molecule has 0 saturated heterocycles. The van der Waals surface area contributed by atoms with E-state index in [0.29, 0.717) is 12.3 Å². The highest BCUT2D eigenvalue weighted by molar-refractivity contribution is 8.01. The Bertz CT molecular complexity index is 336. The zero-order valence-corrected chi connectivity index (χ0v) is 11.0. The fourth-order valence-electron chi connectivity index (χ4n) is 1.44. The smallest absolute Gasteiger partial charge is 0.120 e. The minimum absolute atomic E-state index is 0.323. The molecule has 0 spiro atoms. The van der Waals surface area contributed by atoms with Crippen LogP contribution in [0.1, 0.15) is 24.8 Å². The SMILES string of the molecule is CSc1ccc(C(C)CC=O)cc1SC. The van der Waals surface area contributed by atoms with Gasteiger partial charge < -0.3 is 4.79 Å². The second-order valence-corrected chi connectivity index (χ2v) is 5.11. The molecule has 0 aliphatic heterocycles. The summed E-state index contributed by atoms with van der Waals surface area (Å²) in [5.41, 5.74) is 1.25. The molecule has 0 amide bonds. The van der Waals surface area contributed by atoms with Gasteiger partial charge in [0.15, 0.2) is 0 Å². The summed E-state index contributed by atoms with van der Waals surface area (Å²) < 4.78 is 0. The Morgan fingerprint density at radius 1 is 1.27 bits per heavy atom. The van der Waals surface area contributed by atoms with Crippen molar-refractivity contribution in [1.82, 2.24) is 0 Å². The third-order valence-electron chi connectivity index (χ3n) is 2.43. The van der Waals surface area contributed by atoms with Gasteiger partial charge >= 0.3 is 0 Å². The number of thioether (sulfide) groups is 2. The summed E-state index contributed by atoms with van der Waals surface area (Å²) in [4.78, 5) is 13.1. The Morgan fingerprint density at radius 3 is 2.47 bits per heavy atom. The van der Waals surface area contributed by atoms with Crippen molar-refractivity contribution in [3.8, 4) is 0 Å². The van der Waals surface area contributed by atoms with Crippen LogP contribution in [-0.2, 0) is 4.79 Å². The number of carbonyl (C=O) groups is 1. The number of benzene rings is 1. The van der Waals surface area contributed by atoms with E-state index in [0.717, 1.165) is 6.29 Å². The monoisotopic (exact) mass is 240 g/mol. The predicted molar refractivity (Wildman–Crippen MR) is 69.1 cm³/mol. The third-order valence-corrected chi connectivity index (χ3v) is 4.13. The van der Waals surface area contributed by atoms with Crippen LogP contribution in [0.3, 0.4) is 0 Å². The molecule has 0 aliphatic carbocycles. The summed E-state index contributed by atoms with van der Waals surface area (Å²) in [6, 6.07) is 6.47. The molecule has 0 aromatic heterocycles. The van der Waals surface area contributed by atoms with Crippen LogP contribution in [0.25, 0.3) is 0 Å². The Kier molecular flexibility index (Phi) is 5.26. The number of hydrogen-bond donors (Lipinski definition) is 0. The van der Waals surface area contributed by atoms with Crippen LogP contribution in [0.5, 0.6) is 0 Å². The number of hydrogen-bond acceptors (Lipinski definition) is 3. The van der Waals surface area contributed by atoms with Crippen molar-refractivity contribution in [2.45, 2.75) is 29.1 Å².